The van der Waals surface area contributed by atoms with Gasteiger partial charge in [0.15, 0.2) is 0 Å². The van der Waals surface area contributed by atoms with E-state index in [2.05, 4.69) is 15.9 Å². The van der Waals surface area contributed by atoms with E-state index in [-0.39, 0.29) is 0 Å². The smallest absolute Gasteiger partial charge is 0.263 e. The van der Waals surface area contributed by atoms with Gasteiger partial charge in [0.25, 0.3) is 5.92 Å². The summed E-state index contributed by atoms with van der Waals surface area (Å²) in [6, 6.07) is -0.263. The molecule has 0 aliphatic carbocycles. The highest BCUT2D eigenvalue weighted by Crippen LogP contribution is 2.36. The first kappa shape index (κ1) is 16.7. The Morgan fingerprint density at radius 3 is 2.33 bits per heavy atom. The third-order valence-electron chi connectivity index (χ3n) is 3.10. The van der Waals surface area contributed by atoms with Gasteiger partial charge in [-0.25, -0.2) is 26.0 Å². The zero-order valence-electron chi connectivity index (χ0n) is 10.4. The predicted molar refractivity (Wildman–Crippen MR) is 68.4 cm³/mol. The van der Waals surface area contributed by atoms with Gasteiger partial charge in [-0.05, 0) is 28.1 Å². The molecular formula is C11H10BrF4NO3S. The maximum absolute atomic E-state index is 13.4. The highest BCUT2D eigenvalue weighted by Gasteiger charge is 2.50. The van der Waals surface area contributed by atoms with Crippen LogP contribution in [0.15, 0.2) is 21.5 Å². The number of benzene rings is 1. The van der Waals surface area contributed by atoms with Gasteiger partial charge >= 0.3 is 0 Å². The fraction of sp³-hybridized carbons (Fsp3) is 0.455. The SMILES string of the molecule is O=S(=O)(c1cc(F)c(Br)c(F)c1)N1CC(F)(F)CC1CO. The first-order valence-electron chi connectivity index (χ1n) is 5.73. The third-order valence-corrected chi connectivity index (χ3v) is 5.74. The van der Waals surface area contributed by atoms with Crippen molar-refractivity contribution in [3.05, 3.63) is 28.2 Å². The molecule has 1 fully saturated rings. The lowest BCUT2D eigenvalue weighted by molar-refractivity contribution is 0.0161. The van der Waals surface area contributed by atoms with Crippen LogP contribution in [-0.4, -0.2) is 42.9 Å². The van der Waals surface area contributed by atoms with Crippen molar-refractivity contribution >= 4 is 26.0 Å². The third kappa shape index (κ3) is 3.08. The molecule has 1 N–H and O–H groups in total. The second-order valence-electron chi connectivity index (χ2n) is 4.65. The molecule has 10 heteroatoms. The van der Waals surface area contributed by atoms with E-state index in [9.17, 15) is 26.0 Å². The largest absolute Gasteiger partial charge is 0.395 e. The number of aliphatic hydroxyl groups excluding tert-OH is 1. The topological polar surface area (TPSA) is 57.6 Å². The van der Waals surface area contributed by atoms with E-state index >= 15 is 0 Å². The number of halogens is 5. The van der Waals surface area contributed by atoms with Crippen LogP contribution in [-0.2, 0) is 10.0 Å². The summed E-state index contributed by atoms with van der Waals surface area (Å²) >= 11 is 2.59. The fourth-order valence-corrected chi connectivity index (χ4v) is 4.02. The molecule has 2 rings (SSSR count). The van der Waals surface area contributed by atoms with Crippen LogP contribution in [0.25, 0.3) is 0 Å². The summed E-state index contributed by atoms with van der Waals surface area (Å²) in [5.41, 5.74) is 0. The summed E-state index contributed by atoms with van der Waals surface area (Å²) in [7, 11) is -4.54. The summed E-state index contributed by atoms with van der Waals surface area (Å²) in [6.45, 7) is -1.95. The van der Waals surface area contributed by atoms with Crippen molar-refractivity contribution in [3.63, 3.8) is 0 Å². The number of alkyl halides is 2. The van der Waals surface area contributed by atoms with E-state index in [1.54, 1.807) is 0 Å². The summed E-state index contributed by atoms with van der Waals surface area (Å²) in [4.78, 5) is -0.781. The molecule has 1 aliphatic rings. The Morgan fingerprint density at radius 1 is 1.33 bits per heavy atom. The number of hydrogen-bond donors (Lipinski definition) is 1. The van der Waals surface area contributed by atoms with Crippen LogP contribution in [0.3, 0.4) is 0 Å². The highest BCUT2D eigenvalue weighted by molar-refractivity contribution is 9.10. The monoisotopic (exact) mass is 391 g/mol. The first-order valence-corrected chi connectivity index (χ1v) is 7.97. The normalized spacial score (nSPS) is 22.7. The minimum atomic E-state index is -4.54. The van der Waals surface area contributed by atoms with Crippen LogP contribution >= 0.6 is 15.9 Å². The second kappa shape index (κ2) is 5.49. The molecular weight excluding hydrogens is 382 g/mol. The molecule has 1 heterocycles. The zero-order chi connectivity index (χ0) is 16.0. The van der Waals surface area contributed by atoms with Crippen molar-refractivity contribution in [2.75, 3.05) is 13.2 Å². The molecule has 1 aromatic rings. The van der Waals surface area contributed by atoms with Crippen molar-refractivity contribution in [2.24, 2.45) is 0 Å². The molecule has 1 atom stereocenters. The van der Waals surface area contributed by atoms with Crippen molar-refractivity contribution in [2.45, 2.75) is 23.3 Å². The van der Waals surface area contributed by atoms with Crippen molar-refractivity contribution in [1.82, 2.24) is 4.31 Å². The van der Waals surface area contributed by atoms with E-state index in [0.29, 0.717) is 16.4 Å². The standard InChI is InChI=1S/C11H10BrF4NO3S/c12-10-8(13)1-7(2-9(10)14)21(19,20)17-5-11(15,16)3-6(17)4-18/h1-2,6,18H,3-5H2. The van der Waals surface area contributed by atoms with E-state index in [1.807, 2.05) is 0 Å². The molecule has 1 unspecified atom stereocenters. The quantitative estimate of drug-likeness (QED) is 0.634. The molecule has 21 heavy (non-hydrogen) atoms. The van der Waals surface area contributed by atoms with Gasteiger partial charge in [-0.3, -0.25) is 0 Å². The molecule has 0 amide bonds. The molecule has 1 saturated heterocycles. The molecule has 0 aromatic heterocycles. The maximum atomic E-state index is 13.4. The Kier molecular flexibility index (Phi) is 4.35. The van der Waals surface area contributed by atoms with Crippen molar-refractivity contribution in [3.8, 4) is 0 Å². The Hall–Kier alpha value is -0.710. The molecule has 118 valence electrons. The fourth-order valence-electron chi connectivity index (χ4n) is 2.12. The van der Waals surface area contributed by atoms with Crippen LogP contribution in [0.1, 0.15) is 6.42 Å². The molecule has 0 saturated carbocycles. The maximum Gasteiger partial charge on any atom is 0.263 e. The van der Waals surface area contributed by atoms with Crippen LogP contribution in [0.2, 0.25) is 0 Å². The minimum Gasteiger partial charge on any atom is -0.395 e. The molecule has 0 bridgehead atoms. The number of rotatable bonds is 3. The van der Waals surface area contributed by atoms with Crippen LogP contribution < -0.4 is 0 Å². The van der Waals surface area contributed by atoms with Crippen molar-refractivity contribution in [1.29, 1.82) is 0 Å². The summed E-state index contributed by atoms with van der Waals surface area (Å²) in [6.07, 6.45) is -0.843. The minimum absolute atomic E-state index is 0.370. The van der Waals surface area contributed by atoms with Gasteiger partial charge in [0.1, 0.15) is 11.6 Å². The Labute approximate surface area is 126 Å². The number of sulfonamides is 1. The average Bonchev–Trinajstić information content (AvgIpc) is 2.71. The predicted octanol–water partition coefficient (Wildman–Crippen LogP) is 2.12. The highest BCUT2D eigenvalue weighted by atomic mass is 79.9. The molecule has 1 aliphatic heterocycles. The average molecular weight is 392 g/mol. The molecule has 0 radical (unpaired) electrons. The lowest BCUT2D eigenvalue weighted by atomic mass is 10.2. The summed E-state index contributed by atoms with van der Waals surface area (Å²) < 4.78 is 77.8. The van der Waals surface area contributed by atoms with Crippen LogP contribution in [0.5, 0.6) is 0 Å². The van der Waals surface area contributed by atoms with Crippen molar-refractivity contribution < 1.29 is 31.1 Å². The summed E-state index contributed by atoms with van der Waals surface area (Å²) in [5, 5.41) is 9.04. The lowest BCUT2D eigenvalue weighted by Crippen LogP contribution is -2.38. The Bertz CT molecular complexity index is 644. The van der Waals surface area contributed by atoms with Crippen LogP contribution in [0, 0.1) is 11.6 Å². The molecule has 4 nitrogen and oxygen atoms in total. The van der Waals surface area contributed by atoms with Gasteiger partial charge in [-0.15, -0.1) is 0 Å². The number of nitrogens with zero attached hydrogens (tertiary/aromatic N) is 1. The van der Waals surface area contributed by atoms with Crippen LogP contribution in [0.4, 0.5) is 17.6 Å². The second-order valence-corrected chi connectivity index (χ2v) is 7.33. The Morgan fingerprint density at radius 2 is 1.86 bits per heavy atom. The molecule has 0 spiro atoms. The van der Waals surface area contributed by atoms with E-state index in [4.69, 9.17) is 5.11 Å². The zero-order valence-corrected chi connectivity index (χ0v) is 12.8. The molecule has 1 aromatic carbocycles. The van der Waals surface area contributed by atoms with E-state index in [0.717, 1.165) is 0 Å². The number of hydrogen-bond acceptors (Lipinski definition) is 3. The van der Waals surface area contributed by atoms with Gasteiger partial charge < -0.3 is 5.11 Å². The van der Waals surface area contributed by atoms with Gasteiger partial charge in [0.05, 0.1) is 28.6 Å². The lowest BCUT2D eigenvalue weighted by Gasteiger charge is -2.21. The number of aliphatic hydroxyl groups is 1. The van der Waals surface area contributed by atoms with E-state index < -0.39 is 62.6 Å². The van der Waals surface area contributed by atoms with Gasteiger partial charge in [-0.1, -0.05) is 0 Å². The van der Waals surface area contributed by atoms with E-state index in [1.165, 1.54) is 0 Å². The first-order chi connectivity index (χ1) is 9.58. The van der Waals surface area contributed by atoms with Gasteiger partial charge in [-0.2, -0.15) is 4.31 Å². The van der Waals surface area contributed by atoms with Gasteiger partial charge in [0.2, 0.25) is 10.0 Å². The van der Waals surface area contributed by atoms with Gasteiger partial charge in [0, 0.05) is 6.42 Å². The summed E-state index contributed by atoms with van der Waals surface area (Å²) in [5.74, 6) is -5.63. The Balaban J connectivity index is 2.47.